The predicted octanol–water partition coefficient (Wildman–Crippen LogP) is 5.53. The van der Waals surface area contributed by atoms with Gasteiger partial charge < -0.3 is 4.74 Å². The van der Waals surface area contributed by atoms with Crippen LogP contribution in [0.2, 0.25) is 5.02 Å². The number of aromatic nitrogens is 2. The van der Waals surface area contributed by atoms with Crippen molar-refractivity contribution in [1.82, 2.24) is 9.66 Å². The van der Waals surface area contributed by atoms with Crippen LogP contribution in [-0.2, 0) is 6.18 Å². The number of benzene rings is 3. The number of halogens is 4. The molecule has 0 aliphatic heterocycles. The van der Waals surface area contributed by atoms with E-state index < -0.39 is 27.9 Å². The van der Waals surface area contributed by atoms with E-state index in [9.17, 15) is 28.1 Å². The minimum Gasteiger partial charge on any atom is -0.489 e. The predicted molar refractivity (Wildman–Crippen MR) is 124 cm³/mol. The molecule has 8 nitrogen and oxygen atoms in total. The molecule has 0 bridgehead atoms. The molecule has 0 amide bonds. The number of methoxy groups -OCH3 is 1. The summed E-state index contributed by atoms with van der Waals surface area (Å²) in [5, 5.41) is 15.6. The Bertz CT molecular complexity index is 1550. The van der Waals surface area contributed by atoms with Crippen LogP contribution in [0.3, 0.4) is 0 Å². The second-order valence-electron chi connectivity index (χ2n) is 7.20. The summed E-state index contributed by atoms with van der Waals surface area (Å²) >= 11 is 6.08. The molecular weight excluding hydrogens is 489 g/mol. The van der Waals surface area contributed by atoms with Crippen molar-refractivity contribution < 1.29 is 22.8 Å². The number of para-hydroxylation sites is 1. The van der Waals surface area contributed by atoms with E-state index in [4.69, 9.17) is 16.3 Å². The molecule has 1 heterocycles. The van der Waals surface area contributed by atoms with Crippen molar-refractivity contribution in [3.8, 4) is 17.1 Å². The van der Waals surface area contributed by atoms with Gasteiger partial charge in [0.05, 0.1) is 39.7 Å². The number of nitro benzene ring substituents is 1. The van der Waals surface area contributed by atoms with Crippen LogP contribution in [-0.4, -0.2) is 27.9 Å². The maximum atomic E-state index is 13.3. The summed E-state index contributed by atoms with van der Waals surface area (Å²) in [6.07, 6.45) is -3.49. The first-order valence-corrected chi connectivity index (χ1v) is 10.2. The maximum Gasteiger partial charge on any atom is 0.416 e. The molecule has 0 fully saturated rings. The van der Waals surface area contributed by atoms with E-state index in [1.807, 2.05) is 0 Å². The first-order valence-electron chi connectivity index (χ1n) is 9.86. The molecular formula is C23H14ClF3N4O4. The molecule has 1 aromatic heterocycles. The van der Waals surface area contributed by atoms with Gasteiger partial charge in [0.15, 0.2) is 5.82 Å². The average molecular weight is 503 g/mol. The molecule has 0 saturated carbocycles. The van der Waals surface area contributed by atoms with Crippen LogP contribution >= 0.6 is 11.6 Å². The Kier molecular flexibility index (Phi) is 6.27. The zero-order valence-corrected chi connectivity index (χ0v) is 18.5. The number of fused-ring (bicyclic) bond motifs is 1. The van der Waals surface area contributed by atoms with Crippen LogP contribution in [0, 0.1) is 10.1 Å². The Morgan fingerprint density at radius 2 is 1.89 bits per heavy atom. The Balaban J connectivity index is 1.93. The highest BCUT2D eigenvalue weighted by molar-refractivity contribution is 6.32. The van der Waals surface area contributed by atoms with Gasteiger partial charge in [-0.3, -0.25) is 14.9 Å². The summed E-state index contributed by atoms with van der Waals surface area (Å²) in [7, 11) is 1.23. The zero-order chi connectivity index (χ0) is 25.3. The molecule has 0 unspecified atom stereocenters. The molecule has 12 heteroatoms. The van der Waals surface area contributed by atoms with Gasteiger partial charge in [-0.1, -0.05) is 35.9 Å². The summed E-state index contributed by atoms with van der Waals surface area (Å²) in [5.74, 6) is -0.298. The number of ether oxygens (including phenoxy) is 1. The smallest absolute Gasteiger partial charge is 0.416 e. The molecule has 0 aliphatic carbocycles. The van der Waals surface area contributed by atoms with E-state index in [2.05, 4.69) is 10.1 Å². The van der Waals surface area contributed by atoms with E-state index in [-0.39, 0.29) is 38.6 Å². The number of hydrogen-bond acceptors (Lipinski definition) is 6. The summed E-state index contributed by atoms with van der Waals surface area (Å²) in [6, 6.07) is 13.1. The molecule has 4 aromatic rings. The maximum absolute atomic E-state index is 13.3. The van der Waals surface area contributed by atoms with Crippen molar-refractivity contribution in [2.75, 3.05) is 7.11 Å². The van der Waals surface area contributed by atoms with Gasteiger partial charge in [0.2, 0.25) is 5.75 Å². The van der Waals surface area contributed by atoms with Crippen molar-refractivity contribution in [2.24, 2.45) is 5.10 Å². The summed E-state index contributed by atoms with van der Waals surface area (Å²) in [5.41, 5.74) is -1.59. The Morgan fingerprint density at radius 1 is 1.14 bits per heavy atom. The molecule has 4 rings (SSSR count). The number of nitro groups is 1. The molecule has 0 radical (unpaired) electrons. The van der Waals surface area contributed by atoms with Crippen LogP contribution in [0.4, 0.5) is 18.9 Å². The Hall–Kier alpha value is -4.25. The second kappa shape index (κ2) is 9.18. The van der Waals surface area contributed by atoms with E-state index in [1.165, 1.54) is 31.4 Å². The lowest BCUT2D eigenvalue weighted by molar-refractivity contribution is -0.385. The van der Waals surface area contributed by atoms with Crippen molar-refractivity contribution in [3.05, 3.63) is 97.3 Å². The first kappa shape index (κ1) is 23.9. The van der Waals surface area contributed by atoms with E-state index in [1.54, 1.807) is 18.2 Å². The summed E-state index contributed by atoms with van der Waals surface area (Å²) in [6.45, 7) is 0. The molecule has 178 valence electrons. The molecule has 0 N–H and O–H groups in total. The standard InChI is InChI=1S/C23H14ClF3N4O4/c1-35-20-17(24)9-13(10-19(20)31(33)34)12-28-30-21(14-5-4-6-15(11-14)23(25,26)27)29-18-8-3-2-7-16(18)22(30)32/h2-12H,1H3. The minimum atomic E-state index is -4.61. The summed E-state index contributed by atoms with van der Waals surface area (Å²) < 4.78 is 45.7. The number of nitrogens with zero attached hydrogens (tertiary/aromatic N) is 4. The molecule has 0 aliphatic rings. The molecule has 3 aromatic carbocycles. The monoisotopic (exact) mass is 502 g/mol. The van der Waals surface area contributed by atoms with Gasteiger partial charge in [0.25, 0.3) is 5.56 Å². The lowest BCUT2D eigenvalue weighted by Crippen LogP contribution is -2.20. The van der Waals surface area contributed by atoms with Crippen LogP contribution in [0.15, 0.2) is 70.6 Å². The third-order valence-corrected chi connectivity index (χ3v) is 5.25. The van der Waals surface area contributed by atoms with Gasteiger partial charge in [-0.05, 0) is 30.3 Å². The van der Waals surface area contributed by atoms with Gasteiger partial charge in [-0.2, -0.15) is 22.9 Å². The van der Waals surface area contributed by atoms with E-state index >= 15 is 0 Å². The van der Waals surface area contributed by atoms with Crippen LogP contribution < -0.4 is 10.3 Å². The molecule has 0 spiro atoms. The van der Waals surface area contributed by atoms with Crippen molar-refractivity contribution in [1.29, 1.82) is 0 Å². The topological polar surface area (TPSA) is 99.6 Å². The Labute approximate surface area is 200 Å². The number of rotatable bonds is 5. The summed E-state index contributed by atoms with van der Waals surface area (Å²) in [4.78, 5) is 28.2. The minimum absolute atomic E-state index is 0.00132. The fourth-order valence-corrected chi connectivity index (χ4v) is 3.69. The highest BCUT2D eigenvalue weighted by atomic mass is 35.5. The van der Waals surface area contributed by atoms with Crippen molar-refractivity contribution >= 4 is 34.4 Å². The molecule has 0 atom stereocenters. The fraction of sp³-hybridized carbons (Fsp3) is 0.0870. The van der Waals surface area contributed by atoms with Crippen LogP contribution in [0.5, 0.6) is 5.75 Å². The van der Waals surface area contributed by atoms with Gasteiger partial charge in [0.1, 0.15) is 0 Å². The normalized spacial score (nSPS) is 11.8. The average Bonchev–Trinajstić information content (AvgIpc) is 2.82. The van der Waals surface area contributed by atoms with Gasteiger partial charge >= 0.3 is 11.9 Å². The lowest BCUT2D eigenvalue weighted by Gasteiger charge is -2.12. The quantitative estimate of drug-likeness (QED) is 0.203. The SMILES string of the molecule is COc1c(Cl)cc(C=Nn2c(-c3cccc(C(F)(F)F)c3)nc3ccccc3c2=O)cc1[N+](=O)[O-]. The Morgan fingerprint density at radius 3 is 2.57 bits per heavy atom. The lowest BCUT2D eigenvalue weighted by atomic mass is 10.1. The third kappa shape index (κ3) is 4.71. The van der Waals surface area contributed by atoms with Gasteiger partial charge in [-0.25, -0.2) is 4.98 Å². The van der Waals surface area contributed by atoms with Crippen molar-refractivity contribution in [2.45, 2.75) is 6.18 Å². The molecule has 0 saturated heterocycles. The largest absolute Gasteiger partial charge is 0.489 e. The second-order valence-corrected chi connectivity index (χ2v) is 7.61. The fourth-order valence-electron chi connectivity index (χ4n) is 3.39. The van der Waals surface area contributed by atoms with Crippen LogP contribution in [0.1, 0.15) is 11.1 Å². The zero-order valence-electron chi connectivity index (χ0n) is 17.8. The van der Waals surface area contributed by atoms with Crippen LogP contribution in [0.25, 0.3) is 22.3 Å². The van der Waals surface area contributed by atoms with Gasteiger partial charge in [0, 0.05) is 17.2 Å². The highest BCUT2D eigenvalue weighted by Gasteiger charge is 2.31. The van der Waals surface area contributed by atoms with E-state index in [0.29, 0.717) is 0 Å². The third-order valence-electron chi connectivity index (χ3n) is 4.97. The van der Waals surface area contributed by atoms with Crippen molar-refractivity contribution in [3.63, 3.8) is 0 Å². The number of hydrogen-bond donors (Lipinski definition) is 0. The van der Waals surface area contributed by atoms with Gasteiger partial charge in [-0.15, -0.1) is 0 Å². The first-order chi connectivity index (χ1) is 16.6. The van der Waals surface area contributed by atoms with E-state index in [0.717, 1.165) is 29.1 Å². The molecule has 35 heavy (non-hydrogen) atoms. The number of alkyl halides is 3. The highest BCUT2D eigenvalue weighted by Crippen LogP contribution is 2.35.